The van der Waals surface area contributed by atoms with Gasteiger partial charge in [0.25, 0.3) is 0 Å². The second-order valence-electron chi connectivity index (χ2n) is 15.6. The van der Waals surface area contributed by atoms with E-state index < -0.39 is 30.9 Å². The average Bonchev–Trinajstić information content (AvgIpc) is 3.40. The summed E-state index contributed by atoms with van der Waals surface area (Å²) in [6, 6.07) is 0. The van der Waals surface area contributed by atoms with Gasteiger partial charge in [-0.05, 0) is 31.6 Å². The quantitative estimate of drug-likeness (QED) is 0.0329. The van der Waals surface area contributed by atoms with E-state index in [-0.39, 0.29) is 43.0 Å². The molecule has 8 heteroatoms. The van der Waals surface area contributed by atoms with Crippen LogP contribution in [-0.4, -0.2) is 64.6 Å². The van der Waals surface area contributed by atoms with Crippen LogP contribution in [0, 0.1) is 11.8 Å². The Morgan fingerprint density at radius 3 is 1.67 bits per heavy atom. The predicted molar refractivity (Wildman–Crippen MR) is 211 cm³/mol. The number of hydrogen-bond acceptors (Lipinski definition) is 8. The lowest BCUT2D eigenvalue weighted by Gasteiger charge is -2.19. The summed E-state index contributed by atoms with van der Waals surface area (Å²) < 4.78 is 10.6. The van der Waals surface area contributed by atoms with Gasteiger partial charge in [-0.3, -0.25) is 14.4 Å². The highest BCUT2D eigenvalue weighted by Gasteiger charge is 2.39. The molecule has 0 aromatic carbocycles. The van der Waals surface area contributed by atoms with Crippen LogP contribution in [0.4, 0.5) is 0 Å². The molecule has 1 rings (SSSR count). The van der Waals surface area contributed by atoms with Crippen molar-refractivity contribution in [3.63, 3.8) is 0 Å². The van der Waals surface area contributed by atoms with E-state index in [2.05, 4.69) is 13.8 Å². The first-order chi connectivity index (χ1) is 25.3. The number of esters is 2. The molecular weight excluding hydrogens is 656 g/mol. The summed E-state index contributed by atoms with van der Waals surface area (Å²) in [5.41, 5.74) is 0. The van der Waals surface area contributed by atoms with Crippen molar-refractivity contribution in [3.05, 3.63) is 12.2 Å². The number of Topliss-reactive ketones (excluding diaryl/α,β-unsaturated/α-hetero) is 1. The second kappa shape index (κ2) is 33.8. The lowest BCUT2D eigenvalue weighted by atomic mass is 9.88. The van der Waals surface area contributed by atoms with E-state index >= 15 is 0 Å². The topological polar surface area (TPSA) is 130 Å². The molecule has 0 heterocycles. The van der Waals surface area contributed by atoms with E-state index in [0.29, 0.717) is 19.3 Å². The first kappa shape index (κ1) is 48.2. The van der Waals surface area contributed by atoms with Gasteiger partial charge in [0.15, 0.2) is 6.10 Å². The minimum Gasteiger partial charge on any atom is -0.462 e. The Morgan fingerprint density at radius 1 is 0.692 bits per heavy atom. The van der Waals surface area contributed by atoms with Crippen LogP contribution in [0.1, 0.15) is 206 Å². The summed E-state index contributed by atoms with van der Waals surface area (Å²) in [4.78, 5) is 36.9. The van der Waals surface area contributed by atoms with Gasteiger partial charge in [0.2, 0.25) is 0 Å². The molecule has 3 N–H and O–H groups in total. The maximum absolute atomic E-state index is 12.5. The highest BCUT2D eigenvalue weighted by atomic mass is 16.6. The number of aliphatic hydroxyl groups excluding tert-OH is 3. The van der Waals surface area contributed by atoms with Gasteiger partial charge in [0.1, 0.15) is 12.4 Å². The van der Waals surface area contributed by atoms with Crippen LogP contribution in [0.15, 0.2) is 12.2 Å². The van der Waals surface area contributed by atoms with Gasteiger partial charge in [-0.1, -0.05) is 174 Å². The molecular formula is C44H80O8. The minimum absolute atomic E-state index is 0.0342. The molecule has 0 aromatic rings. The van der Waals surface area contributed by atoms with Crippen LogP contribution in [0.25, 0.3) is 0 Å². The van der Waals surface area contributed by atoms with Crippen LogP contribution in [0.3, 0.4) is 0 Å². The molecule has 1 aliphatic rings. The van der Waals surface area contributed by atoms with Crippen molar-refractivity contribution in [2.45, 2.75) is 225 Å². The summed E-state index contributed by atoms with van der Waals surface area (Å²) in [6.45, 7) is 3.86. The number of carbonyl (C=O) groups is 3. The van der Waals surface area contributed by atoms with Gasteiger partial charge in [0.05, 0.1) is 18.8 Å². The maximum Gasteiger partial charge on any atom is 0.306 e. The molecule has 0 aliphatic heterocycles. The molecule has 8 nitrogen and oxygen atoms in total. The van der Waals surface area contributed by atoms with E-state index in [1.165, 1.54) is 96.3 Å². The number of unbranched alkanes of at least 4 members (excludes halogenated alkanes) is 22. The minimum atomic E-state index is -0.853. The second-order valence-corrected chi connectivity index (χ2v) is 15.6. The van der Waals surface area contributed by atoms with Crippen LogP contribution < -0.4 is 0 Å². The van der Waals surface area contributed by atoms with Crippen LogP contribution in [0.5, 0.6) is 0 Å². The summed E-state index contributed by atoms with van der Waals surface area (Å²) in [6.07, 6.45) is 33.2. The van der Waals surface area contributed by atoms with Gasteiger partial charge in [0, 0.05) is 25.2 Å². The van der Waals surface area contributed by atoms with Crippen molar-refractivity contribution in [1.82, 2.24) is 0 Å². The number of allylic oxidation sites excluding steroid dienone is 1. The van der Waals surface area contributed by atoms with Crippen molar-refractivity contribution < 1.29 is 39.2 Å². The van der Waals surface area contributed by atoms with Gasteiger partial charge in [-0.25, -0.2) is 0 Å². The van der Waals surface area contributed by atoms with Crippen molar-refractivity contribution in [1.29, 1.82) is 0 Å². The Morgan fingerprint density at radius 2 is 1.15 bits per heavy atom. The Hall–Kier alpha value is -1.77. The number of ketones is 1. The zero-order chi connectivity index (χ0) is 38.1. The molecule has 0 aromatic heterocycles. The molecule has 0 spiro atoms. The Bertz CT molecular complexity index is 905. The summed E-state index contributed by atoms with van der Waals surface area (Å²) in [5.74, 6) is -1.19. The fourth-order valence-electron chi connectivity index (χ4n) is 7.34. The summed E-state index contributed by atoms with van der Waals surface area (Å²) >= 11 is 0. The molecule has 5 atom stereocenters. The Labute approximate surface area is 318 Å². The number of rotatable bonds is 36. The van der Waals surface area contributed by atoms with Crippen LogP contribution in [-0.2, 0) is 23.9 Å². The van der Waals surface area contributed by atoms with E-state index in [9.17, 15) is 29.7 Å². The molecule has 1 fully saturated rings. The van der Waals surface area contributed by atoms with E-state index in [4.69, 9.17) is 9.47 Å². The molecule has 0 radical (unpaired) electrons. The largest absolute Gasteiger partial charge is 0.462 e. The van der Waals surface area contributed by atoms with Gasteiger partial charge in [-0.2, -0.15) is 0 Å². The Kier molecular flexibility index (Phi) is 31.3. The van der Waals surface area contributed by atoms with Gasteiger partial charge in [-0.15, -0.1) is 0 Å². The lowest BCUT2D eigenvalue weighted by molar-refractivity contribution is -0.161. The molecule has 0 unspecified atom stereocenters. The smallest absolute Gasteiger partial charge is 0.306 e. The lowest BCUT2D eigenvalue weighted by Crippen LogP contribution is -2.28. The first-order valence-corrected chi connectivity index (χ1v) is 21.8. The van der Waals surface area contributed by atoms with Crippen molar-refractivity contribution in [2.24, 2.45) is 11.8 Å². The number of hydrogen-bond donors (Lipinski definition) is 3. The van der Waals surface area contributed by atoms with E-state index in [1.807, 2.05) is 0 Å². The molecule has 304 valence electrons. The SMILES string of the molecule is CCCCCCCCCCCCCCCCCCCCC(=O)OC[C@H](CO)OC(=O)CCCCCC[C@H]1[C@@H](O)CC(=O)[C@@H]1/C=C/[C@@H](O)CCCCC. The fourth-order valence-corrected chi connectivity index (χ4v) is 7.34. The molecule has 0 bridgehead atoms. The molecule has 1 saturated carbocycles. The van der Waals surface area contributed by atoms with Crippen LogP contribution in [0.2, 0.25) is 0 Å². The molecule has 52 heavy (non-hydrogen) atoms. The van der Waals surface area contributed by atoms with Crippen molar-refractivity contribution in [3.8, 4) is 0 Å². The van der Waals surface area contributed by atoms with Gasteiger partial charge >= 0.3 is 11.9 Å². The highest BCUT2D eigenvalue weighted by molar-refractivity contribution is 5.86. The number of aliphatic hydroxyl groups is 3. The molecule has 1 aliphatic carbocycles. The summed E-state index contributed by atoms with van der Waals surface area (Å²) in [5, 5.41) is 30.3. The highest BCUT2D eigenvalue weighted by Crippen LogP contribution is 2.34. The predicted octanol–water partition coefficient (Wildman–Crippen LogP) is 10.3. The fraction of sp³-hybridized carbons (Fsp3) is 0.886. The monoisotopic (exact) mass is 737 g/mol. The number of carbonyl (C=O) groups excluding carboxylic acids is 3. The number of ether oxygens (including phenoxy) is 2. The van der Waals surface area contributed by atoms with Crippen molar-refractivity contribution in [2.75, 3.05) is 13.2 Å². The van der Waals surface area contributed by atoms with E-state index in [0.717, 1.165) is 64.2 Å². The third-order valence-corrected chi connectivity index (χ3v) is 10.7. The molecule has 0 saturated heterocycles. The van der Waals surface area contributed by atoms with E-state index in [1.54, 1.807) is 12.2 Å². The third kappa shape index (κ3) is 26.1. The zero-order valence-corrected chi connectivity index (χ0v) is 33.6. The van der Waals surface area contributed by atoms with Crippen molar-refractivity contribution >= 4 is 17.7 Å². The standard InChI is InChI=1S/C44H80O8/c1-3-5-7-8-9-10-11-12-13-14-15-16-17-18-19-20-21-26-30-43(49)51-36-38(35-45)52-44(50)31-27-23-22-25-29-39-40(42(48)34-41(39)47)33-32-37(46)28-24-6-4-2/h32-33,37-41,45-47H,3-31,34-36H2,1-2H3/b33-32+/t37-,38-,39+,40+,41-/m0/s1. The summed E-state index contributed by atoms with van der Waals surface area (Å²) in [7, 11) is 0. The zero-order valence-electron chi connectivity index (χ0n) is 33.6. The maximum atomic E-state index is 12.5. The molecule has 0 amide bonds. The Balaban J connectivity index is 2.02. The normalized spacial score (nSPS) is 18.6. The van der Waals surface area contributed by atoms with Crippen LogP contribution >= 0.6 is 0 Å². The average molecular weight is 737 g/mol. The van der Waals surface area contributed by atoms with Gasteiger partial charge < -0.3 is 24.8 Å². The third-order valence-electron chi connectivity index (χ3n) is 10.7. The first-order valence-electron chi connectivity index (χ1n) is 21.8.